The third kappa shape index (κ3) is 6.18. The summed E-state index contributed by atoms with van der Waals surface area (Å²) in [6, 6.07) is 13.5. The minimum atomic E-state index is -0.259. The lowest BCUT2D eigenvalue weighted by atomic mass is 10.1. The third-order valence-corrected chi connectivity index (χ3v) is 4.68. The standard InChI is InChI=1S/C21H26FN3O2/c1-15(20(26)24-13-12-16-6-10-19(22)11-7-16)25(3)14-17-4-8-18(9-5-17)21(27)23-2/h4-11,15H,12-14H2,1-3H3,(H,23,27)(H,24,26)/p+1/t15-/m0/s1. The van der Waals surface area contributed by atoms with Gasteiger partial charge < -0.3 is 15.5 Å². The second-order valence-electron chi connectivity index (χ2n) is 6.69. The highest BCUT2D eigenvalue weighted by molar-refractivity contribution is 5.93. The molecule has 27 heavy (non-hydrogen) atoms. The highest BCUT2D eigenvalue weighted by Crippen LogP contribution is 2.04. The van der Waals surface area contributed by atoms with Crippen molar-refractivity contribution in [2.75, 3.05) is 20.6 Å². The van der Waals surface area contributed by atoms with E-state index in [0.29, 0.717) is 25.1 Å². The molecule has 3 N–H and O–H groups in total. The smallest absolute Gasteiger partial charge is 0.278 e. The van der Waals surface area contributed by atoms with Crippen molar-refractivity contribution in [1.82, 2.24) is 10.6 Å². The molecule has 0 spiro atoms. The number of hydrogen-bond acceptors (Lipinski definition) is 2. The number of benzene rings is 2. The number of amides is 2. The minimum Gasteiger partial charge on any atom is -0.355 e. The van der Waals surface area contributed by atoms with Crippen molar-refractivity contribution in [3.63, 3.8) is 0 Å². The summed E-state index contributed by atoms with van der Waals surface area (Å²) in [5, 5.41) is 5.53. The Morgan fingerprint density at radius 3 is 2.22 bits per heavy atom. The van der Waals surface area contributed by atoms with Crippen LogP contribution in [0.1, 0.15) is 28.4 Å². The average Bonchev–Trinajstić information content (AvgIpc) is 2.68. The SMILES string of the molecule is CNC(=O)c1ccc(C[NH+](C)[C@@H](C)C(=O)NCCc2ccc(F)cc2)cc1. The zero-order valence-corrected chi connectivity index (χ0v) is 16.0. The summed E-state index contributed by atoms with van der Waals surface area (Å²) in [5.74, 6) is -0.391. The maximum Gasteiger partial charge on any atom is 0.278 e. The Kier molecular flexibility index (Phi) is 7.49. The molecule has 2 amide bonds. The molecule has 0 aliphatic rings. The molecule has 0 aromatic heterocycles. The van der Waals surface area contributed by atoms with Gasteiger partial charge in [0.25, 0.3) is 11.8 Å². The first-order chi connectivity index (χ1) is 12.9. The van der Waals surface area contributed by atoms with Gasteiger partial charge in [0, 0.05) is 24.7 Å². The van der Waals surface area contributed by atoms with Gasteiger partial charge in [-0.2, -0.15) is 0 Å². The molecule has 1 unspecified atom stereocenters. The van der Waals surface area contributed by atoms with Crippen molar-refractivity contribution in [2.45, 2.75) is 25.9 Å². The molecule has 2 rings (SSSR count). The Balaban J connectivity index is 1.81. The van der Waals surface area contributed by atoms with Crippen LogP contribution in [0.5, 0.6) is 0 Å². The summed E-state index contributed by atoms with van der Waals surface area (Å²) in [6.07, 6.45) is 0.665. The quantitative estimate of drug-likeness (QED) is 0.646. The number of quaternary nitrogens is 1. The lowest BCUT2D eigenvalue weighted by molar-refractivity contribution is -0.908. The van der Waals surface area contributed by atoms with Gasteiger partial charge in [-0.3, -0.25) is 9.59 Å². The monoisotopic (exact) mass is 372 g/mol. The summed E-state index contributed by atoms with van der Waals surface area (Å²) >= 11 is 0. The second-order valence-corrected chi connectivity index (χ2v) is 6.69. The molecule has 0 fully saturated rings. The highest BCUT2D eigenvalue weighted by Gasteiger charge is 2.21. The Labute approximate surface area is 159 Å². The fourth-order valence-electron chi connectivity index (χ4n) is 2.75. The Morgan fingerprint density at radius 2 is 1.63 bits per heavy atom. The molecule has 0 saturated carbocycles. The molecule has 2 aromatic carbocycles. The van der Waals surface area contributed by atoms with Crippen LogP contribution in [-0.4, -0.2) is 38.5 Å². The molecule has 6 heteroatoms. The topological polar surface area (TPSA) is 62.6 Å². The van der Waals surface area contributed by atoms with Crippen LogP contribution in [0, 0.1) is 5.82 Å². The number of rotatable bonds is 8. The van der Waals surface area contributed by atoms with E-state index in [1.165, 1.54) is 12.1 Å². The van der Waals surface area contributed by atoms with E-state index in [2.05, 4.69) is 10.6 Å². The minimum absolute atomic E-state index is 0.0170. The fraction of sp³-hybridized carbons (Fsp3) is 0.333. The molecule has 0 bridgehead atoms. The molecule has 2 atom stereocenters. The maximum absolute atomic E-state index is 12.9. The van der Waals surface area contributed by atoms with Crippen molar-refractivity contribution < 1.29 is 18.9 Å². The average molecular weight is 372 g/mol. The van der Waals surface area contributed by atoms with Crippen LogP contribution in [0.25, 0.3) is 0 Å². The van der Waals surface area contributed by atoms with Gasteiger partial charge >= 0.3 is 0 Å². The van der Waals surface area contributed by atoms with Crippen molar-refractivity contribution in [1.29, 1.82) is 0 Å². The van der Waals surface area contributed by atoms with E-state index in [1.54, 1.807) is 31.3 Å². The van der Waals surface area contributed by atoms with E-state index >= 15 is 0 Å². The highest BCUT2D eigenvalue weighted by atomic mass is 19.1. The fourth-order valence-corrected chi connectivity index (χ4v) is 2.75. The first kappa shape index (κ1) is 20.6. The van der Waals surface area contributed by atoms with E-state index in [4.69, 9.17) is 0 Å². The predicted molar refractivity (Wildman–Crippen MR) is 103 cm³/mol. The molecule has 0 aliphatic heterocycles. The van der Waals surface area contributed by atoms with Gasteiger partial charge in [0.15, 0.2) is 6.04 Å². The summed E-state index contributed by atoms with van der Waals surface area (Å²) in [4.78, 5) is 25.0. The summed E-state index contributed by atoms with van der Waals surface area (Å²) < 4.78 is 12.9. The van der Waals surface area contributed by atoms with Crippen molar-refractivity contribution in [3.05, 3.63) is 71.0 Å². The third-order valence-electron chi connectivity index (χ3n) is 4.68. The number of likely N-dealkylation sites (N-methyl/N-ethyl adjacent to an activating group) is 1. The molecular weight excluding hydrogens is 345 g/mol. The van der Waals surface area contributed by atoms with Crippen LogP contribution in [0.2, 0.25) is 0 Å². The number of hydrogen-bond donors (Lipinski definition) is 3. The Bertz CT molecular complexity index is 760. The van der Waals surface area contributed by atoms with Crippen LogP contribution in [0.3, 0.4) is 0 Å². The zero-order chi connectivity index (χ0) is 19.8. The van der Waals surface area contributed by atoms with Crippen molar-refractivity contribution >= 4 is 11.8 Å². The molecule has 0 radical (unpaired) electrons. The van der Waals surface area contributed by atoms with Gasteiger partial charge in [-0.05, 0) is 43.2 Å². The van der Waals surface area contributed by atoms with E-state index in [9.17, 15) is 14.0 Å². The van der Waals surface area contributed by atoms with E-state index in [1.807, 2.05) is 26.1 Å². The number of carbonyl (C=O) groups excluding carboxylic acids is 2. The van der Waals surface area contributed by atoms with E-state index in [-0.39, 0.29) is 23.7 Å². The van der Waals surface area contributed by atoms with Crippen LogP contribution < -0.4 is 15.5 Å². The van der Waals surface area contributed by atoms with Crippen LogP contribution in [0.15, 0.2) is 48.5 Å². The lowest BCUT2D eigenvalue weighted by Crippen LogP contribution is -3.12. The molecule has 0 saturated heterocycles. The summed E-state index contributed by atoms with van der Waals surface area (Å²) in [5.41, 5.74) is 2.66. The molecular formula is C21H27FN3O2+. The maximum atomic E-state index is 12.9. The van der Waals surface area contributed by atoms with Gasteiger partial charge in [-0.1, -0.05) is 24.3 Å². The van der Waals surface area contributed by atoms with E-state index in [0.717, 1.165) is 16.0 Å². The zero-order valence-electron chi connectivity index (χ0n) is 16.0. The van der Waals surface area contributed by atoms with Crippen LogP contribution in [-0.2, 0) is 17.8 Å². The molecule has 0 heterocycles. The number of halogens is 1. The first-order valence-corrected chi connectivity index (χ1v) is 9.06. The van der Waals surface area contributed by atoms with Crippen molar-refractivity contribution in [3.8, 4) is 0 Å². The van der Waals surface area contributed by atoms with Gasteiger partial charge in [-0.25, -0.2) is 4.39 Å². The number of nitrogens with one attached hydrogen (secondary N) is 3. The van der Waals surface area contributed by atoms with Gasteiger partial charge in [-0.15, -0.1) is 0 Å². The predicted octanol–water partition coefficient (Wildman–Crippen LogP) is 0.947. The molecule has 2 aromatic rings. The molecule has 0 aliphatic carbocycles. The van der Waals surface area contributed by atoms with Crippen LogP contribution in [0.4, 0.5) is 4.39 Å². The van der Waals surface area contributed by atoms with E-state index < -0.39 is 0 Å². The van der Waals surface area contributed by atoms with Gasteiger partial charge in [0.1, 0.15) is 12.4 Å². The van der Waals surface area contributed by atoms with Gasteiger partial charge in [0.2, 0.25) is 0 Å². The first-order valence-electron chi connectivity index (χ1n) is 9.06. The Hall–Kier alpha value is -2.73. The molecule has 144 valence electrons. The summed E-state index contributed by atoms with van der Waals surface area (Å²) in [7, 11) is 3.57. The normalized spacial score (nSPS) is 12.9. The molecule has 5 nitrogen and oxygen atoms in total. The largest absolute Gasteiger partial charge is 0.355 e. The van der Waals surface area contributed by atoms with Gasteiger partial charge in [0.05, 0.1) is 7.05 Å². The Morgan fingerprint density at radius 1 is 1.04 bits per heavy atom. The van der Waals surface area contributed by atoms with Crippen molar-refractivity contribution in [2.24, 2.45) is 0 Å². The number of carbonyl (C=O) groups is 2. The second kappa shape index (κ2) is 9.83. The van der Waals surface area contributed by atoms with Crippen LogP contribution >= 0.6 is 0 Å². The summed E-state index contributed by atoms with van der Waals surface area (Å²) in [6.45, 7) is 3.09. The lowest BCUT2D eigenvalue weighted by Gasteiger charge is -2.21.